The second-order valence-electron chi connectivity index (χ2n) is 3.92. The van der Waals surface area contributed by atoms with Crippen molar-refractivity contribution in [1.82, 2.24) is 5.32 Å². The predicted octanol–water partition coefficient (Wildman–Crippen LogP) is 1.26. The number of rotatable bonds is 3. The van der Waals surface area contributed by atoms with E-state index in [2.05, 4.69) is 11.2 Å². The van der Waals surface area contributed by atoms with Gasteiger partial charge in [-0.25, -0.2) is 0 Å². The van der Waals surface area contributed by atoms with Crippen molar-refractivity contribution in [2.45, 2.75) is 37.5 Å². The summed E-state index contributed by atoms with van der Waals surface area (Å²) in [5, 5.41) is 3.53. The molecule has 0 amide bonds. The van der Waals surface area contributed by atoms with E-state index in [-0.39, 0.29) is 12.1 Å². The fourth-order valence-electron chi connectivity index (χ4n) is 2.05. The van der Waals surface area contributed by atoms with Crippen LogP contribution < -0.4 is 5.32 Å². The van der Waals surface area contributed by atoms with Crippen molar-refractivity contribution in [2.24, 2.45) is 0 Å². The van der Waals surface area contributed by atoms with E-state index >= 15 is 0 Å². The summed E-state index contributed by atoms with van der Waals surface area (Å²) in [6.07, 6.45) is 9.30. The number of thioether (sulfide) groups is 1. The van der Waals surface area contributed by atoms with Crippen LogP contribution in [0.4, 0.5) is 0 Å². The number of nitrogens with one attached hydrogen (secondary N) is 1. The Morgan fingerprint density at radius 2 is 2.43 bits per heavy atom. The molecule has 0 aromatic rings. The Balaban J connectivity index is 1.83. The van der Waals surface area contributed by atoms with E-state index in [1.54, 1.807) is 0 Å². The van der Waals surface area contributed by atoms with Gasteiger partial charge in [-0.3, -0.25) is 5.32 Å². The minimum atomic E-state index is 0.126. The second-order valence-corrected chi connectivity index (χ2v) is 5.07. The molecule has 2 heterocycles. The topological polar surface area (TPSA) is 21.3 Å². The van der Waals surface area contributed by atoms with Gasteiger partial charge in [0.05, 0.1) is 12.1 Å². The molecule has 3 atom stereocenters. The predicted molar refractivity (Wildman–Crippen MR) is 60.5 cm³/mol. The largest absolute Gasteiger partial charge is 0.376 e. The summed E-state index contributed by atoms with van der Waals surface area (Å²) in [5.74, 6) is 5.29. The summed E-state index contributed by atoms with van der Waals surface area (Å²) in [6.45, 7) is 0.879. The second kappa shape index (κ2) is 5.06. The summed E-state index contributed by atoms with van der Waals surface area (Å²) < 4.78 is 5.60. The van der Waals surface area contributed by atoms with Crippen LogP contribution in [0.5, 0.6) is 0 Å². The molecule has 0 aliphatic carbocycles. The van der Waals surface area contributed by atoms with Crippen LogP contribution in [0.25, 0.3) is 0 Å². The lowest BCUT2D eigenvalue weighted by Crippen LogP contribution is -2.44. The summed E-state index contributed by atoms with van der Waals surface area (Å²) >= 11 is 2.01. The molecule has 14 heavy (non-hydrogen) atoms. The molecule has 0 saturated carbocycles. The van der Waals surface area contributed by atoms with Crippen LogP contribution >= 0.6 is 11.8 Å². The van der Waals surface area contributed by atoms with Gasteiger partial charge in [0.1, 0.15) is 0 Å². The Kier molecular flexibility index (Phi) is 3.74. The molecule has 3 heteroatoms. The van der Waals surface area contributed by atoms with E-state index in [9.17, 15) is 0 Å². The van der Waals surface area contributed by atoms with Gasteiger partial charge in [0.15, 0.2) is 0 Å². The maximum atomic E-state index is 5.60. The lowest BCUT2D eigenvalue weighted by Gasteiger charge is -2.22. The maximum Gasteiger partial charge on any atom is 0.0955 e. The zero-order valence-corrected chi connectivity index (χ0v) is 9.19. The fourth-order valence-corrected chi connectivity index (χ4v) is 3.21. The first kappa shape index (κ1) is 10.4. The van der Waals surface area contributed by atoms with Gasteiger partial charge in [0.2, 0.25) is 0 Å². The average Bonchev–Trinajstić information content (AvgIpc) is 2.86. The van der Waals surface area contributed by atoms with E-state index in [0.717, 1.165) is 19.4 Å². The van der Waals surface area contributed by atoms with Gasteiger partial charge in [-0.1, -0.05) is 5.92 Å². The van der Waals surface area contributed by atoms with Crippen molar-refractivity contribution in [3.05, 3.63) is 0 Å². The van der Waals surface area contributed by atoms with Gasteiger partial charge in [-0.15, -0.1) is 6.42 Å². The van der Waals surface area contributed by atoms with Crippen molar-refractivity contribution < 1.29 is 4.74 Å². The molecule has 2 saturated heterocycles. The van der Waals surface area contributed by atoms with E-state index in [1.165, 1.54) is 17.9 Å². The Labute approximate surface area is 90.2 Å². The van der Waals surface area contributed by atoms with Crippen LogP contribution in [0.2, 0.25) is 0 Å². The molecule has 2 aliphatic heterocycles. The Bertz CT molecular complexity index is 214. The van der Waals surface area contributed by atoms with E-state index in [0.29, 0.717) is 6.04 Å². The molecule has 78 valence electrons. The molecule has 2 nitrogen and oxygen atoms in total. The van der Waals surface area contributed by atoms with Crippen LogP contribution in [0.3, 0.4) is 0 Å². The Hall–Kier alpha value is -0.170. The molecule has 2 fully saturated rings. The highest BCUT2D eigenvalue weighted by molar-refractivity contribution is 7.99. The van der Waals surface area contributed by atoms with Crippen LogP contribution in [0.15, 0.2) is 0 Å². The molecule has 2 rings (SSSR count). The van der Waals surface area contributed by atoms with Crippen LogP contribution in [0.1, 0.15) is 19.3 Å². The number of hydrogen-bond donors (Lipinski definition) is 1. The smallest absolute Gasteiger partial charge is 0.0955 e. The highest BCUT2D eigenvalue weighted by atomic mass is 32.2. The monoisotopic (exact) mass is 211 g/mol. The highest BCUT2D eigenvalue weighted by Gasteiger charge is 2.27. The Morgan fingerprint density at radius 3 is 3.00 bits per heavy atom. The van der Waals surface area contributed by atoms with Gasteiger partial charge in [0.25, 0.3) is 0 Å². The van der Waals surface area contributed by atoms with E-state index in [1.807, 2.05) is 11.8 Å². The molecule has 2 aliphatic rings. The molecule has 1 N–H and O–H groups in total. The number of terminal acetylenes is 1. The van der Waals surface area contributed by atoms with E-state index < -0.39 is 0 Å². The maximum absolute atomic E-state index is 5.60. The van der Waals surface area contributed by atoms with Crippen LogP contribution in [0, 0.1) is 12.3 Å². The van der Waals surface area contributed by atoms with Gasteiger partial charge >= 0.3 is 0 Å². The van der Waals surface area contributed by atoms with Crippen LogP contribution in [-0.2, 0) is 4.74 Å². The highest BCUT2D eigenvalue weighted by Crippen LogP contribution is 2.20. The van der Waals surface area contributed by atoms with Crippen molar-refractivity contribution in [1.29, 1.82) is 0 Å². The minimum absolute atomic E-state index is 0.126. The molecule has 0 radical (unpaired) electrons. The summed E-state index contributed by atoms with van der Waals surface area (Å²) in [5.41, 5.74) is 0. The lowest BCUT2D eigenvalue weighted by molar-refractivity contribution is 0.0912. The normalized spacial score (nSPS) is 34.2. The van der Waals surface area contributed by atoms with Crippen LogP contribution in [-0.4, -0.2) is 36.3 Å². The molecule has 0 spiro atoms. The fraction of sp³-hybridized carbons (Fsp3) is 0.818. The zero-order valence-electron chi connectivity index (χ0n) is 8.37. The van der Waals surface area contributed by atoms with Gasteiger partial charge in [0, 0.05) is 18.4 Å². The third-order valence-electron chi connectivity index (χ3n) is 2.86. The molecule has 0 bridgehead atoms. The number of ether oxygens (including phenoxy) is 1. The summed E-state index contributed by atoms with van der Waals surface area (Å²) in [4.78, 5) is 0. The lowest BCUT2D eigenvalue weighted by atomic mass is 10.1. The Morgan fingerprint density at radius 1 is 1.50 bits per heavy atom. The molecule has 0 aromatic heterocycles. The third kappa shape index (κ3) is 2.44. The number of hydrogen-bond acceptors (Lipinski definition) is 3. The minimum Gasteiger partial charge on any atom is -0.376 e. The van der Waals surface area contributed by atoms with Crippen molar-refractivity contribution in [3.8, 4) is 12.3 Å². The average molecular weight is 211 g/mol. The quantitative estimate of drug-likeness (QED) is 0.710. The van der Waals surface area contributed by atoms with Crippen molar-refractivity contribution >= 4 is 11.8 Å². The summed E-state index contributed by atoms with van der Waals surface area (Å²) in [6, 6.07) is 0.728. The molecular formula is C11H17NOS. The van der Waals surface area contributed by atoms with Gasteiger partial charge in [-0.05, 0) is 25.0 Å². The summed E-state index contributed by atoms with van der Waals surface area (Å²) in [7, 11) is 0. The van der Waals surface area contributed by atoms with E-state index in [4.69, 9.17) is 11.2 Å². The SMILES string of the molecule is C#C[C@H](N[C@@H]1CCSC1)[C@@H]1CCCO1. The first-order valence-electron chi connectivity index (χ1n) is 5.31. The first-order chi connectivity index (χ1) is 6.90. The van der Waals surface area contributed by atoms with Gasteiger partial charge < -0.3 is 4.74 Å². The molecular weight excluding hydrogens is 194 g/mol. The van der Waals surface area contributed by atoms with Crippen molar-refractivity contribution in [2.75, 3.05) is 18.1 Å². The molecule has 0 unspecified atom stereocenters. The zero-order chi connectivity index (χ0) is 9.80. The molecule has 0 aromatic carbocycles. The third-order valence-corrected chi connectivity index (χ3v) is 4.02. The first-order valence-corrected chi connectivity index (χ1v) is 6.47. The standard InChI is InChI=1S/C11H17NOS/c1-2-10(11-4-3-6-13-11)12-9-5-7-14-8-9/h1,9-12H,3-8H2/t9-,10+,11+/m1/s1. The van der Waals surface area contributed by atoms with Crippen molar-refractivity contribution in [3.63, 3.8) is 0 Å². The van der Waals surface area contributed by atoms with Gasteiger partial charge in [-0.2, -0.15) is 11.8 Å².